The number of unbranched alkanes of at least 4 members (excludes halogenated alkanes) is 3. The van der Waals surface area contributed by atoms with Crippen LogP contribution in [0.2, 0.25) is 0 Å². The number of aliphatic carboxylic acids is 1. The van der Waals surface area contributed by atoms with E-state index in [2.05, 4.69) is 76.8 Å². The summed E-state index contributed by atoms with van der Waals surface area (Å²) in [6, 6.07) is 12.9. The summed E-state index contributed by atoms with van der Waals surface area (Å²) in [6.07, 6.45) is 12.4. The van der Waals surface area contributed by atoms with Gasteiger partial charge in [0.25, 0.3) is 24.8 Å². The van der Waals surface area contributed by atoms with Crippen molar-refractivity contribution in [3.8, 4) is 18.1 Å². The number of likely N-dealkylation sites (tertiary alicyclic amines) is 1. The zero-order valence-corrected chi connectivity index (χ0v) is 55.8. The van der Waals surface area contributed by atoms with E-state index >= 15 is 0 Å². The smallest absolute Gasteiger partial charge is 0.317 e. The van der Waals surface area contributed by atoms with E-state index in [1.807, 2.05) is 31.7 Å². The van der Waals surface area contributed by atoms with E-state index in [0.29, 0.717) is 191 Å². The molecule has 6 rings (SSSR count). The second kappa shape index (κ2) is 40.7. The first-order valence-electron chi connectivity index (χ1n) is 32.1. The fourth-order valence-electron chi connectivity index (χ4n) is 11.2. The number of aromatic nitrogens is 1. The van der Waals surface area contributed by atoms with Crippen molar-refractivity contribution in [2.24, 2.45) is 4.99 Å². The number of rotatable bonds is 35. The van der Waals surface area contributed by atoms with Crippen LogP contribution in [-0.4, -0.2) is 267 Å². The molecule has 3 fully saturated rings. The van der Waals surface area contributed by atoms with E-state index in [-0.39, 0.29) is 56.4 Å². The van der Waals surface area contributed by atoms with Gasteiger partial charge in [0, 0.05) is 133 Å². The number of piperazine rings is 1. The Morgan fingerprint density at radius 1 is 0.766 bits per heavy atom. The molecule has 0 aliphatic carbocycles. The van der Waals surface area contributed by atoms with Gasteiger partial charge in [-0.1, -0.05) is 24.5 Å². The molecule has 94 heavy (non-hydrogen) atoms. The summed E-state index contributed by atoms with van der Waals surface area (Å²) in [4.78, 5) is 135. The van der Waals surface area contributed by atoms with Crippen LogP contribution >= 0.6 is 22.6 Å². The normalized spacial score (nSPS) is 17.6. The van der Waals surface area contributed by atoms with Crippen molar-refractivity contribution in [3.05, 3.63) is 69.4 Å². The minimum Gasteiger partial charge on any atom is -0.494 e. The topological polar surface area (TPSA) is 298 Å². The Morgan fingerprint density at radius 3 is 2.09 bits per heavy atom. The molecule has 26 nitrogen and oxygen atoms in total. The third kappa shape index (κ3) is 27.5. The number of carboxylic acids is 1. The zero-order chi connectivity index (χ0) is 67.7. The van der Waals surface area contributed by atoms with Gasteiger partial charge >= 0.3 is 5.97 Å². The van der Waals surface area contributed by atoms with Crippen LogP contribution in [0.3, 0.4) is 0 Å². The standard InChI is InChI=1S/C65H90F2IN13O13/c1-3-52-40-65(66,67)44-81(52)61(87)41-72-63(90)54-21-24-70-56-20-19-53(39-55(54)56)94-38-10-25-75-34-36-80(37-35-75)60(86)14-5-4-7-23-71-64(91)57(12-6-8-22-69-49(2)73-58(84)13-9-11-50-15-17-51(68)18-16-50)74-59(85)42-76-26-27-77(43-62(88)89)29-31-79(46-93-48-83)33-32-78(30-28-76)45-92-47-82/h1,15-21,24,39,47-48,52,57H,4-14,22-23,25-38,40-46H2,2H3,(H,71,91)(H,72,90)(H,74,85)(H,88,89)(H,69,73,84)/t52-,57?/m0/s1. The Kier molecular flexibility index (Phi) is 32.7. The summed E-state index contributed by atoms with van der Waals surface area (Å²) in [5.74, 6) is -3.00. The number of amidine groups is 1. The molecule has 0 bridgehead atoms. The van der Waals surface area contributed by atoms with Crippen molar-refractivity contribution in [1.82, 2.24) is 60.6 Å². The number of ether oxygens (including phenoxy) is 3. The van der Waals surface area contributed by atoms with Crippen LogP contribution < -0.4 is 26.0 Å². The van der Waals surface area contributed by atoms with Crippen LogP contribution in [0.25, 0.3) is 10.9 Å². The first-order chi connectivity index (χ1) is 45.3. The maximum absolute atomic E-state index is 14.0. The summed E-state index contributed by atoms with van der Waals surface area (Å²) in [5.41, 5.74) is 1.93. The van der Waals surface area contributed by atoms with Crippen molar-refractivity contribution in [1.29, 1.82) is 0 Å². The Balaban J connectivity index is 0.930. The molecule has 3 aliphatic heterocycles. The fraction of sp³-hybridized carbons (Fsp3) is 0.585. The summed E-state index contributed by atoms with van der Waals surface area (Å²) in [6.45, 7) is 7.91. The number of hydrogen-bond acceptors (Lipinski definition) is 19. The number of aryl methyl sites for hydroxylation is 1. The molecule has 2 aromatic carbocycles. The van der Waals surface area contributed by atoms with Crippen LogP contribution in [0, 0.1) is 15.9 Å². The molecule has 2 atom stereocenters. The van der Waals surface area contributed by atoms with E-state index in [1.54, 1.807) is 30.0 Å². The van der Waals surface area contributed by atoms with Gasteiger partial charge in [0.1, 0.15) is 25.3 Å². The zero-order valence-electron chi connectivity index (χ0n) is 53.6. The lowest BCUT2D eigenvalue weighted by atomic mass is 10.1. The number of terminal acetylenes is 1. The van der Waals surface area contributed by atoms with Gasteiger partial charge in [-0.2, -0.15) is 0 Å². The molecule has 3 saturated heterocycles. The number of benzene rings is 2. The van der Waals surface area contributed by atoms with Crippen molar-refractivity contribution in [2.75, 3.05) is 144 Å². The van der Waals surface area contributed by atoms with Crippen molar-refractivity contribution < 1.29 is 71.2 Å². The summed E-state index contributed by atoms with van der Waals surface area (Å²) < 4.78 is 45.2. The quantitative estimate of drug-likeness (QED) is 0.0141. The number of carbonyl (C=O) groups is 9. The lowest BCUT2D eigenvalue weighted by molar-refractivity contribution is -0.139. The number of amides is 6. The molecule has 3 aliphatic rings. The number of nitrogens with zero attached hydrogens (tertiary/aromatic N) is 9. The highest BCUT2D eigenvalue weighted by atomic mass is 127. The summed E-state index contributed by atoms with van der Waals surface area (Å²) >= 11 is 2.26. The number of aliphatic imine (C=N–C) groups is 1. The molecule has 29 heteroatoms. The molecule has 5 N–H and O–H groups in total. The molecular formula is C65H90F2IN13O13. The number of pyridine rings is 1. The minimum atomic E-state index is -3.10. The molecule has 4 heterocycles. The molecule has 0 saturated carbocycles. The molecule has 0 spiro atoms. The lowest BCUT2D eigenvalue weighted by Crippen LogP contribution is -2.52. The predicted octanol–water partition coefficient (Wildman–Crippen LogP) is 2.81. The second-order valence-corrected chi connectivity index (χ2v) is 24.8. The Hall–Kier alpha value is -7.50. The summed E-state index contributed by atoms with van der Waals surface area (Å²) in [5, 5.41) is 21.5. The number of fused-ring (bicyclic) bond motifs is 1. The van der Waals surface area contributed by atoms with E-state index in [4.69, 9.17) is 20.6 Å². The average Bonchev–Trinajstić information content (AvgIpc) is 1.32. The molecular weight excluding hydrogens is 1340 g/mol. The largest absolute Gasteiger partial charge is 0.494 e. The van der Waals surface area contributed by atoms with E-state index < -0.39 is 61.2 Å². The Labute approximate surface area is 561 Å². The van der Waals surface area contributed by atoms with Gasteiger partial charge in [-0.25, -0.2) is 8.78 Å². The van der Waals surface area contributed by atoms with Gasteiger partial charge in [-0.15, -0.1) is 6.42 Å². The second-order valence-electron chi connectivity index (χ2n) is 23.6. The number of halogens is 3. The highest BCUT2D eigenvalue weighted by Gasteiger charge is 2.46. The van der Waals surface area contributed by atoms with Gasteiger partial charge < -0.3 is 50.4 Å². The number of alkyl halides is 2. The number of carboxylic acid groups (broad SMARTS) is 1. The van der Waals surface area contributed by atoms with Gasteiger partial charge in [0.05, 0.1) is 55.7 Å². The molecule has 6 amide bonds. The number of nitrogens with one attached hydrogen (secondary N) is 4. The van der Waals surface area contributed by atoms with Gasteiger partial charge in [0.15, 0.2) is 0 Å². The first kappa shape index (κ1) is 75.5. The fourth-order valence-corrected chi connectivity index (χ4v) is 11.6. The minimum absolute atomic E-state index is 0.00620. The molecule has 514 valence electrons. The van der Waals surface area contributed by atoms with E-state index in [9.17, 15) is 57.0 Å². The van der Waals surface area contributed by atoms with Crippen LogP contribution in [-0.2, 0) is 54.3 Å². The van der Waals surface area contributed by atoms with Crippen LogP contribution in [0.5, 0.6) is 5.75 Å². The molecule has 3 aromatic rings. The van der Waals surface area contributed by atoms with Crippen LogP contribution in [0.1, 0.15) is 93.5 Å². The maximum atomic E-state index is 14.0. The Morgan fingerprint density at radius 2 is 1.43 bits per heavy atom. The van der Waals surface area contributed by atoms with Crippen molar-refractivity contribution in [2.45, 2.75) is 102 Å². The SMILES string of the molecule is C#C[C@H]1CC(F)(F)CN1C(=O)CNC(=O)c1ccnc2ccc(OCCCN3CCN(C(=O)CCCCCNC(=O)C(CCCC/N=C(\C)NC(=O)CCCc4ccc(I)cc4)NC(=O)CN4CCN(COC=O)CCN(COC=O)CCN(CC(=O)O)CC4)CC3)cc12. The monoisotopic (exact) mass is 1430 g/mol. The first-order valence-corrected chi connectivity index (χ1v) is 33.2. The molecule has 0 radical (unpaired) electrons. The van der Waals surface area contributed by atoms with Crippen molar-refractivity contribution in [3.63, 3.8) is 0 Å². The predicted molar refractivity (Wildman–Crippen MR) is 354 cm³/mol. The van der Waals surface area contributed by atoms with Gasteiger partial charge in [-0.05, 0) is 123 Å². The molecule has 1 aromatic heterocycles. The van der Waals surface area contributed by atoms with Crippen LogP contribution in [0.4, 0.5) is 8.78 Å². The lowest BCUT2D eigenvalue weighted by Gasteiger charge is -2.34. The van der Waals surface area contributed by atoms with Crippen molar-refractivity contribution >= 4 is 93.7 Å². The van der Waals surface area contributed by atoms with Gasteiger partial charge in [-0.3, -0.25) is 77.6 Å². The van der Waals surface area contributed by atoms with Crippen LogP contribution in [0.15, 0.2) is 59.7 Å². The average molecular weight is 1430 g/mol. The Bertz CT molecular complexity index is 3050. The number of carbonyl (C=O) groups excluding carboxylic acids is 8. The summed E-state index contributed by atoms with van der Waals surface area (Å²) in [7, 11) is 0. The highest BCUT2D eigenvalue weighted by Crippen LogP contribution is 2.32. The highest BCUT2D eigenvalue weighted by molar-refractivity contribution is 14.1. The third-order valence-corrected chi connectivity index (χ3v) is 17.1. The van der Waals surface area contributed by atoms with Gasteiger partial charge in [0.2, 0.25) is 29.5 Å². The maximum Gasteiger partial charge on any atom is 0.317 e. The van der Waals surface area contributed by atoms with E-state index in [0.717, 1.165) is 21.4 Å². The molecule has 1 unspecified atom stereocenters. The van der Waals surface area contributed by atoms with E-state index in [1.165, 1.54) is 17.8 Å². The number of hydrogen-bond donors (Lipinski definition) is 5. The third-order valence-electron chi connectivity index (χ3n) is 16.4.